The van der Waals surface area contributed by atoms with Gasteiger partial charge in [-0.15, -0.1) is 0 Å². The Labute approximate surface area is 177 Å². The molecule has 11 heteroatoms. The Morgan fingerprint density at radius 3 is 2.57 bits per heavy atom. The number of hydrazone groups is 1. The largest absolute Gasteiger partial charge is 0.278 e. The van der Waals surface area contributed by atoms with Crippen LogP contribution in [0.4, 0.5) is 17.1 Å². The molecule has 0 spiro atoms. The van der Waals surface area contributed by atoms with E-state index in [1.807, 2.05) is 0 Å². The van der Waals surface area contributed by atoms with E-state index in [0.717, 1.165) is 11.6 Å². The third-order valence-electron chi connectivity index (χ3n) is 4.01. The van der Waals surface area contributed by atoms with Gasteiger partial charge in [0.1, 0.15) is 4.90 Å². The van der Waals surface area contributed by atoms with Crippen molar-refractivity contribution in [3.05, 3.63) is 87.7 Å². The molecule has 0 amide bonds. The zero-order chi connectivity index (χ0) is 21.7. The second-order valence-electron chi connectivity index (χ2n) is 6.07. The fourth-order valence-corrected chi connectivity index (χ4v) is 3.96. The van der Waals surface area contributed by atoms with Gasteiger partial charge in [-0.25, -0.2) is 8.42 Å². The lowest BCUT2D eigenvalue weighted by Crippen LogP contribution is -2.15. The van der Waals surface area contributed by atoms with E-state index in [1.165, 1.54) is 24.3 Å². The number of benzene rings is 2. The van der Waals surface area contributed by atoms with E-state index < -0.39 is 14.9 Å². The molecular formula is C19H16ClN5O4S. The standard InChI is InChI=1S/C19H16ClN5O4S/c1-13(14-5-4-10-21-12-14)22-23-18-9-8-15(25(26)27)11-19(18)30(28,29)24-17-7-3-2-6-16(17)20/h2-12,23-24H,1H3/b22-13+. The molecule has 0 unspecified atom stereocenters. The van der Waals surface area contributed by atoms with Crippen molar-refractivity contribution < 1.29 is 13.3 Å². The van der Waals surface area contributed by atoms with Crippen molar-refractivity contribution in [2.24, 2.45) is 5.10 Å². The molecule has 1 aromatic heterocycles. The zero-order valence-electron chi connectivity index (χ0n) is 15.6. The van der Waals surface area contributed by atoms with Gasteiger partial charge in [-0.2, -0.15) is 5.10 Å². The van der Waals surface area contributed by atoms with E-state index in [0.29, 0.717) is 5.71 Å². The highest BCUT2D eigenvalue weighted by Crippen LogP contribution is 2.30. The van der Waals surface area contributed by atoms with Gasteiger partial charge in [-0.1, -0.05) is 29.8 Å². The van der Waals surface area contributed by atoms with Gasteiger partial charge in [-0.3, -0.25) is 25.2 Å². The summed E-state index contributed by atoms with van der Waals surface area (Å²) < 4.78 is 28.3. The minimum atomic E-state index is -4.22. The fourth-order valence-electron chi connectivity index (χ4n) is 2.47. The molecule has 2 N–H and O–H groups in total. The monoisotopic (exact) mass is 445 g/mol. The quantitative estimate of drug-likeness (QED) is 0.317. The van der Waals surface area contributed by atoms with Crippen LogP contribution in [0.3, 0.4) is 0 Å². The summed E-state index contributed by atoms with van der Waals surface area (Å²) in [6.07, 6.45) is 3.22. The molecule has 0 aliphatic carbocycles. The van der Waals surface area contributed by atoms with Crippen molar-refractivity contribution in [1.82, 2.24) is 4.98 Å². The lowest BCUT2D eigenvalue weighted by atomic mass is 10.2. The van der Waals surface area contributed by atoms with Crippen LogP contribution in [0.2, 0.25) is 5.02 Å². The predicted molar refractivity (Wildman–Crippen MR) is 115 cm³/mol. The van der Waals surface area contributed by atoms with Crippen LogP contribution in [0.25, 0.3) is 0 Å². The molecule has 0 radical (unpaired) electrons. The van der Waals surface area contributed by atoms with Gasteiger partial charge in [0, 0.05) is 30.1 Å². The van der Waals surface area contributed by atoms with E-state index in [4.69, 9.17) is 11.6 Å². The lowest BCUT2D eigenvalue weighted by molar-refractivity contribution is -0.385. The summed E-state index contributed by atoms with van der Waals surface area (Å²) >= 11 is 6.03. The average Bonchev–Trinajstić information content (AvgIpc) is 2.74. The number of nitro benzene ring substituents is 1. The zero-order valence-corrected chi connectivity index (χ0v) is 17.2. The summed E-state index contributed by atoms with van der Waals surface area (Å²) in [5, 5.41) is 15.5. The van der Waals surface area contributed by atoms with Crippen molar-refractivity contribution in [1.29, 1.82) is 0 Å². The number of pyridine rings is 1. The maximum Gasteiger partial charge on any atom is 0.270 e. The molecule has 0 atom stereocenters. The number of halogens is 1. The molecule has 1 heterocycles. The van der Waals surface area contributed by atoms with E-state index in [2.05, 4.69) is 20.2 Å². The van der Waals surface area contributed by atoms with Crippen LogP contribution in [0.5, 0.6) is 0 Å². The Hall–Kier alpha value is -3.50. The molecule has 154 valence electrons. The van der Waals surface area contributed by atoms with E-state index in [1.54, 1.807) is 43.6 Å². The number of sulfonamides is 1. The lowest BCUT2D eigenvalue weighted by Gasteiger charge is -2.13. The molecule has 30 heavy (non-hydrogen) atoms. The molecule has 0 bridgehead atoms. The van der Waals surface area contributed by atoms with Crippen LogP contribution in [0.15, 0.2) is 77.0 Å². The number of para-hydroxylation sites is 1. The highest BCUT2D eigenvalue weighted by Gasteiger charge is 2.23. The number of hydrogen-bond acceptors (Lipinski definition) is 7. The Balaban J connectivity index is 2.00. The van der Waals surface area contributed by atoms with Crippen LogP contribution < -0.4 is 10.1 Å². The van der Waals surface area contributed by atoms with Gasteiger partial charge in [0.25, 0.3) is 15.7 Å². The van der Waals surface area contributed by atoms with Crippen LogP contribution >= 0.6 is 11.6 Å². The first kappa shape index (κ1) is 21.2. The maximum absolute atomic E-state index is 13.0. The molecule has 3 aromatic rings. The summed E-state index contributed by atoms with van der Waals surface area (Å²) in [4.78, 5) is 14.1. The Morgan fingerprint density at radius 1 is 1.13 bits per heavy atom. The summed E-state index contributed by atoms with van der Waals surface area (Å²) in [6, 6.07) is 13.2. The second-order valence-corrected chi connectivity index (χ2v) is 8.13. The topological polar surface area (TPSA) is 127 Å². The molecular weight excluding hydrogens is 430 g/mol. The summed E-state index contributed by atoms with van der Waals surface area (Å²) in [6.45, 7) is 1.71. The first-order chi connectivity index (χ1) is 14.3. The van der Waals surface area contributed by atoms with Crippen molar-refractivity contribution in [3.63, 3.8) is 0 Å². The van der Waals surface area contributed by atoms with Gasteiger partial charge in [0.15, 0.2) is 0 Å². The number of rotatable bonds is 7. The SMILES string of the molecule is C/C(=N\Nc1ccc([N+](=O)[O-])cc1S(=O)(=O)Nc1ccccc1Cl)c1cccnc1. The minimum absolute atomic E-state index is 0.0587. The maximum atomic E-state index is 13.0. The number of nitrogens with one attached hydrogen (secondary N) is 2. The summed E-state index contributed by atoms with van der Waals surface area (Å²) in [5.41, 5.74) is 3.76. The van der Waals surface area contributed by atoms with E-state index in [-0.39, 0.29) is 27.0 Å². The third-order valence-corrected chi connectivity index (χ3v) is 5.74. The van der Waals surface area contributed by atoms with Crippen LogP contribution in [0.1, 0.15) is 12.5 Å². The number of aromatic nitrogens is 1. The van der Waals surface area contributed by atoms with Crippen molar-refractivity contribution >= 4 is 44.4 Å². The summed E-state index contributed by atoms with van der Waals surface area (Å²) in [5.74, 6) is 0. The van der Waals surface area contributed by atoms with Gasteiger partial charge < -0.3 is 0 Å². The Kier molecular flexibility index (Phi) is 6.28. The van der Waals surface area contributed by atoms with Gasteiger partial charge >= 0.3 is 0 Å². The van der Waals surface area contributed by atoms with Crippen molar-refractivity contribution in [3.8, 4) is 0 Å². The number of non-ortho nitro benzene ring substituents is 1. The minimum Gasteiger partial charge on any atom is -0.278 e. The molecule has 3 rings (SSSR count). The second kappa shape index (κ2) is 8.89. The first-order valence-electron chi connectivity index (χ1n) is 8.54. The third kappa shape index (κ3) is 4.91. The highest BCUT2D eigenvalue weighted by molar-refractivity contribution is 7.93. The van der Waals surface area contributed by atoms with Crippen LogP contribution in [0, 0.1) is 10.1 Å². The number of anilines is 2. The molecule has 0 fully saturated rings. The normalized spacial score (nSPS) is 11.7. The predicted octanol–water partition coefficient (Wildman–Crippen LogP) is 4.28. The van der Waals surface area contributed by atoms with Gasteiger partial charge in [0.05, 0.1) is 27.0 Å². The van der Waals surface area contributed by atoms with Crippen LogP contribution in [-0.4, -0.2) is 24.0 Å². The Bertz CT molecular complexity index is 1220. The van der Waals surface area contributed by atoms with Crippen LogP contribution in [-0.2, 0) is 10.0 Å². The number of nitro groups is 1. The first-order valence-corrected chi connectivity index (χ1v) is 10.4. The number of hydrogen-bond donors (Lipinski definition) is 2. The van der Waals surface area contributed by atoms with E-state index in [9.17, 15) is 18.5 Å². The number of nitrogens with zero attached hydrogens (tertiary/aromatic N) is 3. The molecule has 9 nitrogen and oxygen atoms in total. The average molecular weight is 446 g/mol. The Morgan fingerprint density at radius 2 is 1.90 bits per heavy atom. The molecule has 0 aliphatic heterocycles. The smallest absolute Gasteiger partial charge is 0.270 e. The molecule has 2 aromatic carbocycles. The summed E-state index contributed by atoms with van der Waals surface area (Å²) in [7, 11) is -4.22. The van der Waals surface area contributed by atoms with Gasteiger partial charge in [0.2, 0.25) is 0 Å². The van der Waals surface area contributed by atoms with Crippen molar-refractivity contribution in [2.45, 2.75) is 11.8 Å². The fraction of sp³-hybridized carbons (Fsp3) is 0.0526. The van der Waals surface area contributed by atoms with Gasteiger partial charge in [-0.05, 0) is 31.2 Å². The van der Waals surface area contributed by atoms with E-state index >= 15 is 0 Å². The van der Waals surface area contributed by atoms with Crippen molar-refractivity contribution in [2.75, 3.05) is 10.1 Å². The molecule has 0 aliphatic rings. The highest BCUT2D eigenvalue weighted by atomic mass is 35.5. The molecule has 0 saturated carbocycles. The molecule has 0 saturated heterocycles.